The van der Waals surface area contributed by atoms with E-state index in [1.807, 2.05) is 17.6 Å². The average Bonchev–Trinajstić information content (AvgIpc) is 3.30. The quantitative estimate of drug-likeness (QED) is 0.536. The van der Waals surface area contributed by atoms with Crippen LogP contribution in [0, 0.1) is 0 Å². The van der Waals surface area contributed by atoms with E-state index in [9.17, 15) is 0 Å². The number of rotatable bonds is 8. The summed E-state index contributed by atoms with van der Waals surface area (Å²) in [7, 11) is 2.16. The van der Waals surface area contributed by atoms with Crippen molar-refractivity contribution in [2.24, 2.45) is 0 Å². The molecule has 8 heteroatoms. The minimum Gasteiger partial charge on any atom is -0.488 e. The molecule has 0 aliphatic carbocycles. The van der Waals surface area contributed by atoms with E-state index in [4.69, 9.17) is 10.5 Å². The molecule has 1 aliphatic heterocycles. The molecule has 3 N–H and O–H groups in total. The van der Waals surface area contributed by atoms with Gasteiger partial charge >= 0.3 is 0 Å². The molecular formula is C23H30N6OS. The zero-order valence-corrected chi connectivity index (χ0v) is 18.9. The Labute approximate surface area is 187 Å². The summed E-state index contributed by atoms with van der Waals surface area (Å²) in [6, 6.07) is 8.22. The van der Waals surface area contributed by atoms with Crippen molar-refractivity contribution >= 4 is 28.8 Å². The van der Waals surface area contributed by atoms with Crippen LogP contribution in [-0.2, 0) is 6.42 Å². The number of aryl methyl sites for hydroxylation is 1. The van der Waals surface area contributed by atoms with Crippen LogP contribution >= 0.6 is 11.3 Å². The van der Waals surface area contributed by atoms with Crippen molar-refractivity contribution in [3.05, 3.63) is 52.6 Å². The van der Waals surface area contributed by atoms with Crippen LogP contribution < -0.4 is 15.8 Å². The summed E-state index contributed by atoms with van der Waals surface area (Å²) < 4.78 is 6.40. The molecule has 3 aromatic rings. The molecule has 0 bridgehead atoms. The highest BCUT2D eigenvalue weighted by Crippen LogP contribution is 2.32. The molecular weight excluding hydrogens is 408 g/mol. The largest absolute Gasteiger partial charge is 0.488 e. The average molecular weight is 439 g/mol. The van der Waals surface area contributed by atoms with Crippen molar-refractivity contribution < 1.29 is 4.74 Å². The third-order valence-electron chi connectivity index (χ3n) is 5.68. The Balaban J connectivity index is 1.50. The van der Waals surface area contributed by atoms with E-state index < -0.39 is 0 Å². The van der Waals surface area contributed by atoms with Gasteiger partial charge in [0, 0.05) is 36.8 Å². The molecule has 3 heterocycles. The number of piperidine rings is 1. The standard InChI is InChI=1S/C23H30N6OS/c1-16(22-25-11-14-31-22)3-4-17-5-6-20(30-18-8-12-29(2)13-9-18)19(15-17)27-21-7-10-26-23(24)28-21/h5-7,10-11,14-16,18H,3-4,8-9,12-13H2,1-2H3,(H3,24,26,27,28). The maximum atomic E-state index is 6.40. The van der Waals surface area contributed by atoms with Crippen LogP contribution in [0.2, 0.25) is 0 Å². The zero-order valence-electron chi connectivity index (χ0n) is 18.1. The molecule has 0 saturated carbocycles. The van der Waals surface area contributed by atoms with Crippen molar-refractivity contribution in [3.8, 4) is 5.75 Å². The van der Waals surface area contributed by atoms with Gasteiger partial charge in [0.1, 0.15) is 17.7 Å². The Morgan fingerprint density at radius 3 is 2.81 bits per heavy atom. The van der Waals surface area contributed by atoms with Gasteiger partial charge in [-0.1, -0.05) is 13.0 Å². The van der Waals surface area contributed by atoms with Crippen LogP contribution in [0.1, 0.15) is 42.7 Å². The fourth-order valence-electron chi connectivity index (χ4n) is 3.78. The number of nitrogens with one attached hydrogen (secondary N) is 1. The number of likely N-dealkylation sites (tertiary alicyclic amines) is 1. The van der Waals surface area contributed by atoms with E-state index in [-0.39, 0.29) is 12.1 Å². The van der Waals surface area contributed by atoms with Crippen LogP contribution in [0.4, 0.5) is 17.5 Å². The number of hydrogen-bond acceptors (Lipinski definition) is 8. The van der Waals surface area contributed by atoms with E-state index >= 15 is 0 Å². The predicted molar refractivity (Wildman–Crippen MR) is 126 cm³/mol. The minimum absolute atomic E-state index is 0.225. The second-order valence-electron chi connectivity index (χ2n) is 8.19. The smallest absolute Gasteiger partial charge is 0.221 e. The Hall–Kier alpha value is -2.71. The highest BCUT2D eigenvalue weighted by atomic mass is 32.1. The van der Waals surface area contributed by atoms with Crippen molar-refractivity contribution in [3.63, 3.8) is 0 Å². The Morgan fingerprint density at radius 2 is 2.06 bits per heavy atom. The molecule has 0 amide bonds. The SMILES string of the molecule is CC(CCc1ccc(OC2CCN(C)CC2)c(Nc2ccnc(N)n2)c1)c1nccs1. The number of ether oxygens (including phenoxy) is 1. The number of benzene rings is 1. The second kappa shape index (κ2) is 10.1. The van der Waals surface area contributed by atoms with Crippen LogP contribution in [0.5, 0.6) is 5.75 Å². The van der Waals surface area contributed by atoms with Crippen LogP contribution in [0.25, 0.3) is 0 Å². The third-order valence-corrected chi connectivity index (χ3v) is 6.69. The number of hydrogen-bond donors (Lipinski definition) is 2. The van der Waals surface area contributed by atoms with Gasteiger partial charge in [-0.15, -0.1) is 11.3 Å². The van der Waals surface area contributed by atoms with Crippen molar-refractivity contribution in [2.45, 2.75) is 44.6 Å². The van der Waals surface area contributed by atoms with Crippen molar-refractivity contribution in [2.75, 3.05) is 31.2 Å². The number of nitrogens with zero attached hydrogens (tertiary/aromatic N) is 4. The molecule has 1 aromatic carbocycles. The first-order chi connectivity index (χ1) is 15.1. The van der Waals surface area contributed by atoms with Gasteiger partial charge < -0.3 is 20.7 Å². The lowest BCUT2D eigenvalue weighted by atomic mass is 10.0. The van der Waals surface area contributed by atoms with E-state index in [1.165, 1.54) is 10.6 Å². The first-order valence-electron chi connectivity index (χ1n) is 10.8. The summed E-state index contributed by atoms with van der Waals surface area (Å²) in [6.07, 6.45) is 7.83. The van der Waals surface area contributed by atoms with Gasteiger partial charge in [0.2, 0.25) is 5.95 Å². The lowest BCUT2D eigenvalue weighted by Gasteiger charge is -2.30. The highest BCUT2D eigenvalue weighted by molar-refractivity contribution is 7.09. The summed E-state index contributed by atoms with van der Waals surface area (Å²) in [5.74, 6) is 2.20. The number of nitrogen functional groups attached to an aromatic ring is 1. The Kier molecular flexibility index (Phi) is 6.99. The topological polar surface area (TPSA) is 89.2 Å². The van der Waals surface area contributed by atoms with Gasteiger partial charge in [-0.25, -0.2) is 9.97 Å². The third kappa shape index (κ3) is 5.92. The van der Waals surface area contributed by atoms with E-state index in [0.29, 0.717) is 11.7 Å². The molecule has 1 fully saturated rings. The zero-order chi connectivity index (χ0) is 21.6. The normalized spacial score (nSPS) is 16.2. The molecule has 1 saturated heterocycles. The first kappa shape index (κ1) is 21.5. The molecule has 1 atom stereocenters. The highest BCUT2D eigenvalue weighted by Gasteiger charge is 2.20. The summed E-state index contributed by atoms with van der Waals surface area (Å²) in [5.41, 5.74) is 7.93. The molecule has 2 aromatic heterocycles. The summed E-state index contributed by atoms with van der Waals surface area (Å²) >= 11 is 1.72. The maximum Gasteiger partial charge on any atom is 0.221 e. The molecule has 1 unspecified atom stereocenters. The predicted octanol–water partition coefficient (Wildman–Crippen LogP) is 4.47. The fraction of sp³-hybridized carbons (Fsp3) is 0.435. The molecule has 1 aliphatic rings. The Morgan fingerprint density at radius 1 is 1.23 bits per heavy atom. The lowest BCUT2D eigenvalue weighted by molar-refractivity contribution is 0.115. The van der Waals surface area contributed by atoms with E-state index in [2.05, 4.69) is 57.3 Å². The van der Waals surface area contributed by atoms with E-state index in [1.54, 1.807) is 17.5 Å². The number of aromatic nitrogens is 3. The van der Waals surface area contributed by atoms with Gasteiger partial charge in [-0.05, 0) is 56.5 Å². The summed E-state index contributed by atoms with van der Waals surface area (Å²) in [5, 5.41) is 6.62. The lowest BCUT2D eigenvalue weighted by Crippen LogP contribution is -2.35. The second-order valence-corrected chi connectivity index (χ2v) is 9.11. The van der Waals surface area contributed by atoms with Crippen LogP contribution in [-0.4, -0.2) is 46.1 Å². The summed E-state index contributed by atoms with van der Waals surface area (Å²) in [6.45, 7) is 4.35. The molecule has 0 spiro atoms. The summed E-state index contributed by atoms with van der Waals surface area (Å²) in [4.78, 5) is 15.1. The molecule has 164 valence electrons. The van der Waals surface area contributed by atoms with Gasteiger partial charge in [0.05, 0.1) is 10.7 Å². The van der Waals surface area contributed by atoms with Gasteiger partial charge in [-0.3, -0.25) is 0 Å². The Bertz CT molecular complexity index is 972. The van der Waals surface area contributed by atoms with Crippen molar-refractivity contribution in [1.29, 1.82) is 0 Å². The maximum absolute atomic E-state index is 6.40. The van der Waals surface area contributed by atoms with Crippen molar-refractivity contribution in [1.82, 2.24) is 19.9 Å². The molecule has 4 rings (SSSR count). The molecule has 31 heavy (non-hydrogen) atoms. The number of anilines is 3. The minimum atomic E-state index is 0.225. The van der Waals surface area contributed by atoms with Gasteiger partial charge in [0.25, 0.3) is 0 Å². The number of thiazole rings is 1. The van der Waals surface area contributed by atoms with Crippen LogP contribution in [0.15, 0.2) is 42.0 Å². The molecule has 7 nitrogen and oxygen atoms in total. The van der Waals surface area contributed by atoms with Gasteiger partial charge in [-0.2, -0.15) is 4.98 Å². The first-order valence-corrected chi connectivity index (χ1v) is 11.7. The van der Waals surface area contributed by atoms with E-state index in [0.717, 1.165) is 50.2 Å². The van der Waals surface area contributed by atoms with Gasteiger partial charge in [0.15, 0.2) is 0 Å². The molecule has 0 radical (unpaired) electrons. The number of nitrogens with two attached hydrogens (primary N) is 1. The monoisotopic (exact) mass is 438 g/mol. The van der Waals surface area contributed by atoms with Crippen LogP contribution in [0.3, 0.4) is 0 Å². The fourth-order valence-corrected chi connectivity index (χ4v) is 4.51.